The van der Waals surface area contributed by atoms with E-state index in [9.17, 15) is 9.59 Å². The van der Waals surface area contributed by atoms with Crippen LogP contribution in [0.5, 0.6) is 17.2 Å². The molecule has 42 heavy (non-hydrogen) atoms. The van der Waals surface area contributed by atoms with Gasteiger partial charge in [0.1, 0.15) is 35.4 Å². The van der Waals surface area contributed by atoms with Crippen LogP contribution >= 0.6 is 0 Å². The second kappa shape index (κ2) is 12.9. The summed E-state index contributed by atoms with van der Waals surface area (Å²) >= 11 is 0. The highest BCUT2D eigenvalue weighted by atomic mass is 16.5. The van der Waals surface area contributed by atoms with Crippen molar-refractivity contribution in [3.05, 3.63) is 108 Å². The van der Waals surface area contributed by atoms with E-state index in [1.165, 1.54) is 7.11 Å². The summed E-state index contributed by atoms with van der Waals surface area (Å²) in [5.41, 5.74) is 3.26. The summed E-state index contributed by atoms with van der Waals surface area (Å²) in [5, 5.41) is 11.4. The van der Waals surface area contributed by atoms with Gasteiger partial charge in [-0.1, -0.05) is 59.8 Å². The zero-order chi connectivity index (χ0) is 29.5. The number of nitrogens with zero attached hydrogens (tertiary/aromatic N) is 4. The molecule has 0 saturated carbocycles. The van der Waals surface area contributed by atoms with E-state index in [1.54, 1.807) is 66.3 Å². The molecule has 0 radical (unpaired) electrons. The Morgan fingerprint density at radius 1 is 0.833 bits per heavy atom. The van der Waals surface area contributed by atoms with Gasteiger partial charge in [-0.25, -0.2) is 4.68 Å². The standard InChI is InChI=1S/C32H31N5O5/c1-40-24-13-9-12-23(18-24)31(32(39)33-27-17-16-25(41-2)19-29(27)42-3)36(20-22-10-5-4-6-11-22)30(38)21-37-28-15-8-7-14-26(28)34-35-37/h4-19,31H,20-21H2,1-3H3,(H,33,39). The number of ether oxygens (including phenoxy) is 3. The SMILES string of the molecule is COc1cccc(C(C(=O)Nc2ccc(OC)cc2OC)N(Cc2ccccc2)C(=O)Cn2nnc3ccccc32)c1. The molecule has 10 nitrogen and oxygen atoms in total. The van der Waals surface area contributed by atoms with Gasteiger partial charge >= 0.3 is 0 Å². The normalized spacial score (nSPS) is 11.5. The third kappa shape index (κ3) is 6.17. The summed E-state index contributed by atoms with van der Waals surface area (Å²) in [7, 11) is 4.62. The van der Waals surface area contributed by atoms with Gasteiger partial charge in [0.2, 0.25) is 5.91 Å². The first-order valence-electron chi connectivity index (χ1n) is 13.3. The molecule has 10 heteroatoms. The number of amides is 2. The predicted octanol–water partition coefficient (Wildman–Crippen LogP) is 4.87. The maximum absolute atomic E-state index is 14.2. The molecule has 1 aromatic heterocycles. The molecular weight excluding hydrogens is 534 g/mol. The molecule has 0 aliphatic heterocycles. The largest absolute Gasteiger partial charge is 0.497 e. The van der Waals surface area contributed by atoms with Gasteiger partial charge < -0.3 is 24.4 Å². The minimum absolute atomic E-state index is 0.118. The van der Waals surface area contributed by atoms with Crippen molar-refractivity contribution in [1.82, 2.24) is 19.9 Å². The molecule has 0 bridgehead atoms. The second-order valence-electron chi connectivity index (χ2n) is 9.48. The number of rotatable bonds is 11. The molecule has 1 atom stereocenters. The van der Waals surface area contributed by atoms with E-state index >= 15 is 0 Å². The fraction of sp³-hybridized carbons (Fsp3) is 0.188. The lowest BCUT2D eigenvalue weighted by atomic mass is 10.0. The van der Waals surface area contributed by atoms with Gasteiger partial charge in [-0.2, -0.15) is 0 Å². The summed E-state index contributed by atoms with van der Waals surface area (Å²) in [4.78, 5) is 29.9. The summed E-state index contributed by atoms with van der Waals surface area (Å²) in [6.07, 6.45) is 0. The molecule has 0 aliphatic carbocycles. The van der Waals surface area contributed by atoms with Crippen LogP contribution < -0.4 is 19.5 Å². The molecule has 0 aliphatic rings. The summed E-state index contributed by atoms with van der Waals surface area (Å²) in [5.74, 6) is 0.803. The number of carbonyl (C=O) groups excluding carboxylic acids is 2. The maximum atomic E-state index is 14.2. The van der Waals surface area contributed by atoms with E-state index in [2.05, 4.69) is 15.6 Å². The average Bonchev–Trinajstić information content (AvgIpc) is 3.44. The molecule has 2 amide bonds. The Morgan fingerprint density at radius 3 is 2.33 bits per heavy atom. The van der Waals surface area contributed by atoms with E-state index in [0.717, 1.165) is 11.1 Å². The highest BCUT2D eigenvalue weighted by Gasteiger charge is 2.33. The fourth-order valence-electron chi connectivity index (χ4n) is 4.74. The first-order valence-corrected chi connectivity index (χ1v) is 13.3. The van der Waals surface area contributed by atoms with Crippen LogP contribution in [0, 0.1) is 0 Å². The Kier molecular flexibility index (Phi) is 8.62. The van der Waals surface area contributed by atoms with E-state index in [-0.39, 0.29) is 19.0 Å². The Labute approximate surface area is 243 Å². The smallest absolute Gasteiger partial charge is 0.251 e. The average molecular weight is 566 g/mol. The minimum Gasteiger partial charge on any atom is -0.497 e. The van der Waals surface area contributed by atoms with Crippen molar-refractivity contribution in [3.8, 4) is 17.2 Å². The fourth-order valence-corrected chi connectivity index (χ4v) is 4.74. The van der Waals surface area contributed by atoms with Gasteiger partial charge in [0.25, 0.3) is 5.91 Å². The third-order valence-electron chi connectivity index (χ3n) is 6.86. The Balaban J connectivity index is 1.57. The molecule has 1 unspecified atom stereocenters. The summed E-state index contributed by atoms with van der Waals surface area (Å²) < 4.78 is 17.8. The molecule has 0 saturated heterocycles. The molecular formula is C32H31N5O5. The van der Waals surface area contributed by atoms with Gasteiger partial charge in [0.05, 0.1) is 32.5 Å². The number of methoxy groups -OCH3 is 3. The van der Waals surface area contributed by atoms with Gasteiger partial charge in [0.15, 0.2) is 0 Å². The van der Waals surface area contributed by atoms with Gasteiger partial charge in [0, 0.05) is 12.6 Å². The van der Waals surface area contributed by atoms with Crippen LogP contribution in [-0.2, 0) is 22.7 Å². The van der Waals surface area contributed by atoms with Crippen molar-refractivity contribution in [2.75, 3.05) is 26.6 Å². The number of anilines is 1. The number of aromatic nitrogens is 3. The number of carbonyl (C=O) groups is 2. The van der Waals surface area contributed by atoms with E-state index in [4.69, 9.17) is 14.2 Å². The molecule has 4 aromatic carbocycles. The van der Waals surface area contributed by atoms with Crippen LogP contribution in [0.15, 0.2) is 97.1 Å². The molecule has 1 heterocycles. The van der Waals surface area contributed by atoms with E-state index in [0.29, 0.717) is 34.0 Å². The van der Waals surface area contributed by atoms with Crippen molar-refractivity contribution in [2.45, 2.75) is 19.1 Å². The van der Waals surface area contributed by atoms with Crippen LogP contribution in [0.1, 0.15) is 17.2 Å². The zero-order valence-electron chi connectivity index (χ0n) is 23.6. The molecule has 1 N–H and O–H groups in total. The van der Waals surface area contributed by atoms with Crippen molar-refractivity contribution >= 4 is 28.5 Å². The van der Waals surface area contributed by atoms with Gasteiger partial charge in [-0.15, -0.1) is 5.10 Å². The summed E-state index contributed by atoms with van der Waals surface area (Å²) in [6, 6.07) is 28.1. The predicted molar refractivity (Wildman–Crippen MR) is 158 cm³/mol. The lowest BCUT2D eigenvalue weighted by Crippen LogP contribution is -2.42. The zero-order valence-corrected chi connectivity index (χ0v) is 23.6. The van der Waals surface area contributed by atoms with E-state index < -0.39 is 11.9 Å². The topological polar surface area (TPSA) is 108 Å². The highest BCUT2D eigenvalue weighted by molar-refractivity contribution is 5.99. The monoisotopic (exact) mass is 565 g/mol. The third-order valence-corrected chi connectivity index (χ3v) is 6.86. The van der Waals surface area contributed by atoms with Crippen LogP contribution in [0.2, 0.25) is 0 Å². The molecule has 0 spiro atoms. The first-order chi connectivity index (χ1) is 20.5. The van der Waals surface area contributed by atoms with Crippen molar-refractivity contribution in [3.63, 3.8) is 0 Å². The van der Waals surface area contributed by atoms with Crippen molar-refractivity contribution < 1.29 is 23.8 Å². The molecule has 0 fully saturated rings. The van der Waals surface area contributed by atoms with Crippen LogP contribution in [-0.4, -0.2) is 53.0 Å². The number of para-hydroxylation sites is 1. The lowest BCUT2D eigenvalue weighted by molar-refractivity contribution is -0.140. The Morgan fingerprint density at radius 2 is 1.57 bits per heavy atom. The highest BCUT2D eigenvalue weighted by Crippen LogP contribution is 2.33. The van der Waals surface area contributed by atoms with E-state index in [1.807, 2.05) is 54.6 Å². The van der Waals surface area contributed by atoms with Crippen molar-refractivity contribution in [2.24, 2.45) is 0 Å². The lowest BCUT2D eigenvalue weighted by Gasteiger charge is -2.32. The number of hydrogen-bond donors (Lipinski definition) is 1. The number of fused-ring (bicyclic) bond motifs is 1. The summed E-state index contributed by atoms with van der Waals surface area (Å²) in [6.45, 7) is 0.0499. The number of hydrogen-bond acceptors (Lipinski definition) is 7. The van der Waals surface area contributed by atoms with Crippen LogP contribution in [0.25, 0.3) is 11.0 Å². The first kappa shape index (κ1) is 28.2. The molecule has 5 rings (SSSR count). The Bertz CT molecular complexity index is 1690. The Hall–Kier alpha value is -5.38. The molecule has 214 valence electrons. The second-order valence-corrected chi connectivity index (χ2v) is 9.48. The quantitative estimate of drug-likeness (QED) is 0.244. The maximum Gasteiger partial charge on any atom is 0.251 e. The van der Waals surface area contributed by atoms with Crippen LogP contribution in [0.3, 0.4) is 0 Å². The van der Waals surface area contributed by atoms with Crippen LogP contribution in [0.4, 0.5) is 5.69 Å². The molecule has 5 aromatic rings. The van der Waals surface area contributed by atoms with Gasteiger partial charge in [-0.05, 0) is 47.5 Å². The van der Waals surface area contributed by atoms with Crippen molar-refractivity contribution in [1.29, 1.82) is 0 Å². The number of benzene rings is 4. The minimum atomic E-state index is -1.03. The number of nitrogens with one attached hydrogen (secondary N) is 1. The van der Waals surface area contributed by atoms with Gasteiger partial charge in [-0.3, -0.25) is 9.59 Å².